The van der Waals surface area contributed by atoms with Crippen LogP contribution in [-0.2, 0) is 9.53 Å². The molecule has 0 bridgehead atoms. The van der Waals surface area contributed by atoms with Crippen molar-refractivity contribution in [2.75, 3.05) is 13.2 Å². The highest BCUT2D eigenvalue weighted by Gasteiger charge is 2.56. The first-order chi connectivity index (χ1) is 17.0. The van der Waals surface area contributed by atoms with Gasteiger partial charge >= 0.3 is 5.97 Å². The van der Waals surface area contributed by atoms with Gasteiger partial charge in [-0.1, -0.05) is 0 Å². The van der Waals surface area contributed by atoms with E-state index in [2.05, 4.69) is 26.9 Å². The van der Waals surface area contributed by atoms with E-state index in [-0.39, 0.29) is 17.2 Å². The first-order valence-corrected chi connectivity index (χ1v) is 12.6. The summed E-state index contributed by atoms with van der Waals surface area (Å²) >= 11 is 0. The summed E-state index contributed by atoms with van der Waals surface area (Å²) in [5, 5.41) is 19.1. The van der Waals surface area contributed by atoms with Crippen LogP contribution in [0.15, 0.2) is 42.6 Å². The lowest BCUT2D eigenvalue weighted by Gasteiger charge is -2.57. The monoisotopic (exact) mass is 473 g/mol. The van der Waals surface area contributed by atoms with Crippen molar-refractivity contribution < 1.29 is 19.0 Å². The molecule has 6 nitrogen and oxygen atoms in total. The molecular weight excluding hydrogens is 445 g/mol. The molecule has 0 radical (unpaired) electrons. The van der Waals surface area contributed by atoms with Gasteiger partial charge in [-0.2, -0.15) is 5.10 Å². The van der Waals surface area contributed by atoms with Crippen molar-refractivity contribution in [2.45, 2.75) is 50.4 Å². The molecule has 4 aromatic rings. The average Bonchev–Trinajstić information content (AvgIpc) is 3.39. The predicted octanol–water partition coefficient (Wildman–Crippen LogP) is 5.90. The number of rotatable bonds is 4. The number of nitrogens with zero attached hydrogens (tertiary/aromatic N) is 2. The molecule has 3 aliphatic rings. The van der Waals surface area contributed by atoms with Gasteiger partial charge in [-0.3, -0.25) is 9.89 Å². The Balaban J connectivity index is 1.41. The second-order valence-corrected chi connectivity index (χ2v) is 10.9. The zero-order valence-corrected chi connectivity index (χ0v) is 19.5. The van der Waals surface area contributed by atoms with Crippen molar-refractivity contribution in [3.8, 4) is 5.69 Å². The molecule has 3 heterocycles. The Bertz CT molecular complexity index is 1430. The van der Waals surface area contributed by atoms with E-state index in [4.69, 9.17) is 4.74 Å². The molecule has 1 spiro atoms. The number of aromatic amines is 1. The Morgan fingerprint density at radius 3 is 2.54 bits per heavy atom. The van der Waals surface area contributed by atoms with E-state index in [9.17, 15) is 14.3 Å². The maximum absolute atomic E-state index is 13.9. The zero-order chi connectivity index (χ0) is 23.7. The molecule has 2 aliphatic carbocycles. The number of halogens is 1. The summed E-state index contributed by atoms with van der Waals surface area (Å²) < 4.78 is 21.9. The van der Waals surface area contributed by atoms with Crippen molar-refractivity contribution in [2.24, 2.45) is 11.3 Å². The lowest BCUT2D eigenvalue weighted by Crippen LogP contribution is -2.49. The third-order valence-electron chi connectivity index (χ3n) is 8.77. The van der Waals surface area contributed by atoms with Crippen molar-refractivity contribution in [3.63, 3.8) is 0 Å². The molecule has 3 fully saturated rings. The molecular formula is C28H28FN3O3. The molecule has 2 saturated carbocycles. The molecule has 35 heavy (non-hydrogen) atoms. The smallest absolute Gasteiger partial charge is 0.306 e. The van der Waals surface area contributed by atoms with Crippen LogP contribution < -0.4 is 0 Å². The van der Waals surface area contributed by atoms with Crippen LogP contribution in [0.4, 0.5) is 4.39 Å². The normalized spacial score (nSPS) is 26.8. The van der Waals surface area contributed by atoms with Gasteiger partial charge in [0.1, 0.15) is 5.82 Å². The highest BCUT2D eigenvalue weighted by molar-refractivity contribution is 5.99. The van der Waals surface area contributed by atoms with E-state index in [0.29, 0.717) is 11.8 Å². The van der Waals surface area contributed by atoms with E-state index in [1.54, 1.807) is 0 Å². The second kappa shape index (κ2) is 7.65. The van der Waals surface area contributed by atoms with Crippen LogP contribution in [0, 0.1) is 17.2 Å². The zero-order valence-electron chi connectivity index (χ0n) is 19.5. The van der Waals surface area contributed by atoms with Gasteiger partial charge < -0.3 is 14.4 Å². The van der Waals surface area contributed by atoms with Gasteiger partial charge in [-0.15, -0.1) is 0 Å². The van der Waals surface area contributed by atoms with Crippen LogP contribution in [0.5, 0.6) is 0 Å². The van der Waals surface area contributed by atoms with Crippen LogP contribution in [-0.4, -0.2) is 39.1 Å². The fraction of sp³-hybridized carbons (Fsp3) is 0.429. The number of aliphatic carboxylic acids is 1. The van der Waals surface area contributed by atoms with Gasteiger partial charge in [-0.25, -0.2) is 4.39 Å². The number of carboxylic acid groups (broad SMARTS) is 1. The van der Waals surface area contributed by atoms with Gasteiger partial charge in [-0.05, 0) is 91.8 Å². The number of ether oxygens (including phenoxy) is 1. The first kappa shape index (κ1) is 21.1. The van der Waals surface area contributed by atoms with Gasteiger partial charge in [0, 0.05) is 41.3 Å². The quantitative estimate of drug-likeness (QED) is 0.387. The topological polar surface area (TPSA) is 80.1 Å². The molecule has 1 saturated heterocycles. The van der Waals surface area contributed by atoms with Gasteiger partial charge in [0.25, 0.3) is 0 Å². The highest BCUT2D eigenvalue weighted by Crippen LogP contribution is 2.65. The number of benzene rings is 2. The van der Waals surface area contributed by atoms with E-state index in [0.717, 1.165) is 73.8 Å². The van der Waals surface area contributed by atoms with Crippen molar-refractivity contribution in [1.29, 1.82) is 0 Å². The minimum atomic E-state index is -0.656. The van der Waals surface area contributed by atoms with Crippen molar-refractivity contribution in [3.05, 3.63) is 59.7 Å². The van der Waals surface area contributed by atoms with Crippen LogP contribution in [0.3, 0.4) is 0 Å². The lowest BCUT2D eigenvalue weighted by molar-refractivity contribution is -0.155. The minimum absolute atomic E-state index is 0.184. The summed E-state index contributed by atoms with van der Waals surface area (Å²) in [6.45, 7) is 1.49. The third kappa shape index (κ3) is 3.24. The number of nitrogens with one attached hydrogen (secondary N) is 1. The Morgan fingerprint density at radius 1 is 1.09 bits per heavy atom. The average molecular weight is 474 g/mol. The van der Waals surface area contributed by atoms with Crippen molar-refractivity contribution in [1.82, 2.24) is 14.8 Å². The number of carbonyl (C=O) groups is 1. The Hall–Kier alpha value is -3.19. The minimum Gasteiger partial charge on any atom is -0.481 e. The molecule has 180 valence electrons. The number of aromatic nitrogens is 3. The number of hydrogen-bond donors (Lipinski definition) is 2. The van der Waals surface area contributed by atoms with Crippen LogP contribution in [0.25, 0.3) is 27.5 Å². The fourth-order valence-electron chi connectivity index (χ4n) is 7.12. The standard InChI is InChI=1S/C28H28FN3O3/c29-20-1-3-21(4-2-20)32-24-9-17-15-30-31-23(17)10-22(24)25(26(32)16-5-7-35-8-6-16)18-11-28(12-18)13-19(14-28)27(33)34/h1-4,9-10,15-16,18-19H,5-8,11-14H2,(H,30,31)(H,33,34)/t18-,19-,28?. The largest absolute Gasteiger partial charge is 0.481 e. The second-order valence-electron chi connectivity index (χ2n) is 10.9. The number of hydrogen-bond acceptors (Lipinski definition) is 3. The Morgan fingerprint density at radius 2 is 1.83 bits per heavy atom. The van der Waals surface area contributed by atoms with Crippen LogP contribution >= 0.6 is 0 Å². The summed E-state index contributed by atoms with van der Waals surface area (Å²) in [6, 6.07) is 11.2. The Kier molecular flexibility index (Phi) is 4.62. The summed E-state index contributed by atoms with van der Waals surface area (Å²) in [6.07, 6.45) is 7.45. The Labute approximate surface area is 202 Å². The van der Waals surface area contributed by atoms with E-state index in [1.807, 2.05) is 18.3 Å². The summed E-state index contributed by atoms with van der Waals surface area (Å²) in [5.74, 6) is -0.327. The summed E-state index contributed by atoms with van der Waals surface area (Å²) in [7, 11) is 0. The van der Waals surface area contributed by atoms with Gasteiger partial charge in [0.2, 0.25) is 0 Å². The predicted molar refractivity (Wildman–Crippen MR) is 130 cm³/mol. The molecule has 0 amide bonds. The third-order valence-corrected chi connectivity index (χ3v) is 8.77. The molecule has 7 heteroatoms. The van der Waals surface area contributed by atoms with Crippen LogP contribution in [0.2, 0.25) is 0 Å². The van der Waals surface area contributed by atoms with E-state index >= 15 is 0 Å². The summed E-state index contributed by atoms with van der Waals surface area (Å²) in [4.78, 5) is 11.4. The lowest BCUT2D eigenvalue weighted by atomic mass is 9.47. The van der Waals surface area contributed by atoms with Crippen molar-refractivity contribution >= 4 is 27.8 Å². The number of carboxylic acids is 1. The molecule has 1 aliphatic heterocycles. The number of fused-ring (bicyclic) bond motifs is 2. The molecule has 0 unspecified atom stereocenters. The molecule has 2 aromatic carbocycles. The first-order valence-electron chi connectivity index (χ1n) is 12.6. The maximum atomic E-state index is 13.9. The summed E-state index contributed by atoms with van der Waals surface area (Å²) in [5.41, 5.74) is 6.00. The van der Waals surface area contributed by atoms with Gasteiger partial charge in [0.05, 0.1) is 23.1 Å². The molecule has 2 N–H and O–H groups in total. The van der Waals surface area contributed by atoms with Crippen LogP contribution in [0.1, 0.15) is 61.6 Å². The molecule has 0 atom stereocenters. The highest BCUT2D eigenvalue weighted by atomic mass is 19.1. The maximum Gasteiger partial charge on any atom is 0.306 e. The van der Waals surface area contributed by atoms with E-state index < -0.39 is 5.97 Å². The van der Waals surface area contributed by atoms with Gasteiger partial charge in [0.15, 0.2) is 0 Å². The fourth-order valence-corrected chi connectivity index (χ4v) is 7.12. The SMILES string of the molecule is O=C(O)[C@H]1CC2(C1)C[C@H](c1c(C3CCOCC3)n(-c3ccc(F)cc3)c3cc4cn[nH]c4cc31)C2. The van der Waals surface area contributed by atoms with E-state index in [1.165, 1.54) is 28.8 Å². The molecule has 2 aromatic heterocycles. The molecule has 7 rings (SSSR count). The number of H-pyrrole nitrogens is 1.